The predicted octanol–water partition coefficient (Wildman–Crippen LogP) is 5.29. The minimum atomic E-state index is 0.366. The van der Waals surface area contributed by atoms with E-state index in [1.165, 1.54) is 25.7 Å². The molecule has 0 amide bonds. The number of nitrogens with zero attached hydrogens (tertiary/aromatic N) is 5. The highest BCUT2D eigenvalue weighted by Crippen LogP contribution is 2.51. The fourth-order valence-corrected chi connectivity index (χ4v) is 6.19. The van der Waals surface area contributed by atoms with E-state index in [4.69, 9.17) is 38.9 Å². The zero-order chi connectivity index (χ0) is 21.0. The molecule has 158 valence electrons. The zero-order valence-electron chi connectivity index (χ0n) is 17.2. The Morgan fingerprint density at radius 1 is 1.07 bits per heavy atom. The van der Waals surface area contributed by atoms with Crippen LogP contribution in [0.4, 0.5) is 5.82 Å². The summed E-state index contributed by atoms with van der Waals surface area (Å²) >= 11 is 12.7. The second kappa shape index (κ2) is 7.65. The van der Waals surface area contributed by atoms with E-state index < -0.39 is 0 Å². The molecule has 2 aliphatic heterocycles. The summed E-state index contributed by atoms with van der Waals surface area (Å²) in [5.74, 6) is 5.23. The van der Waals surface area contributed by atoms with Crippen LogP contribution < -0.4 is 5.73 Å². The lowest BCUT2D eigenvalue weighted by Gasteiger charge is -2.31. The number of nitrogen functional groups attached to an aromatic ring is 1. The monoisotopic (exact) mass is 444 g/mol. The molecule has 6 nitrogen and oxygen atoms in total. The van der Waals surface area contributed by atoms with E-state index in [1.54, 1.807) is 18.6 Å². The van der Waals surface area contributed by atoms with Crippen LogP contribution in [-0.4, -0.2) is 24.5 Å². The summed E-state index contributed by atoms with van der Waals surface area (Å²) in [6, 6.07) is 1.73. The quantitative estimate of drug-likeness (QED) is 0.555. The molecule has 5 unspecified atom stereocenters. The second-order valence-electron chi connectivity index (χ2n) is 9.12. The highest BCUT2D eigenvalue weighted by molar-refractivity contribution is 6.35. The lowest BCUT2D eigenvalue weighted by molar-refractivity contribution is 0.210. The van der Waals surface area contributed by atoms with Gasteiger partial charge in [0.05, 0.1) is 17.9 Å². The van der Waals surface area contributed by atoms with Gasteiger partial charge in [-0.2, -0.15) is 0 Å². The minimum Gasteiger partial charge on any atom is -0.382 e. The van der Waals surface area contributed by atoms with Crippen molar-refractivity contribution in [2.45, 2.75) is 52.0 Å². The molecule has 3 aliphatic carbocycles. The molecule has 3 heterocycles. The highest BCUT2D eigenvalue weighted by Gasteiger charge is 2.42. The first kappa shape index (κ1) is 20.0. The number of hydrogen-bond donors (Lipinski definition) is 1. The molecule has 1 aromatic heterocycles. The molecule has 30 heavy (non-hydrogen) atoms. The summed E-state index contributed by atoms with van der Waals surface area (Å²) in [4.78, 5) is 18.4. The van der Waals surface area contributed by atoms with Crippen molar-refractivity contribution in [3.63, 3.8) is 0 Å². The predicted molar refractivity (Wildman–Crippen MR) is 119 cm³/mol. The van der Waals surface area contributed by atoms with Crippen LogP contribution in [0.3, 0.4) is 0 Å². The van der Waals surface area contributed by atoms with Crippen LogP contribution in [0.1, 0.15) is 56.8 Å². The number of aromatic nitrogens is 5. The van der Waals surface area contributed by atoms with Gasteiger partial charge in [0.25, 0.3) is 0 Å². The van der Waals surface area contributed by atoms with Crippen molar-refractivity contribution in [3.8, 4) is 11.5 Å². The molecule has 1 aromatic rings. The van der Waals surface area contributed by atoms with E-state index in [0.717, 1.165) is 29.0 Å². The smallest absolute Gasteiger partial charge is 0.166 e. The second-order valence-corrected chi connectivity index (χ2v) is 9.89. The topological polar surface area (TPSA) is 82.5 Å². The number of halogens is 2. The average molecular weight is 445 g/mol. The molecule has 3 saturated carbocycles. The van der Waals surface area contributed by atoms with Crippen molar-refractivity contribution in [3.05, 3.63) is 40.2 Å². The van der Waals surface area contributed by atoms with Crippen LogP contribution in [0.2, 0.25) is 10.2 Å². The molecule has 0 spiro atoms. The summed E-state index contributed by atoms with van der Waals surface area (Å²) < 4.78 is 1.92. The van der Waals surface area contributed by atoms with E-state index in [2.05, 4.69) is 23.8 Å². The number of anilines is 1. The third-order valence-electron chi connectivity index (χ3n) is 7.27. The van der Waals surface area contributed by atoms with Gasteiger partial charge in [-0.1, -0.05) is 37.0 Å². The Hall–Kier alpha value is -1.92. The van der Waals surface area contributed by atoms with E-state index >= 15 is 0 Å². The van der Waals surface area contributed by atoms with Crippen LogP contribution in [0, 0.1) is 23.7 Å². The van der Waals surface area contributed by atoms with Gasteiger partial charge in [0.1, 0.15) is 11.0 Å². The largest absolute Gasteiger partial charge is 0.382 e. The Labute approximate surface area is 186 Å². The lowest BCUT2D eigenvalue weighted by atomic mass is 9.74. The molecule has 8 heteroatoms. The van der Waals surface area contributed by atoms with Crippen molar-refractivity contribution in [2.24, 2.45) is 23.7 Å². The van der Waals surface area contributed by atoms with Gasteiger partial charge < -0.3 is 10.3 Å². The first-order valence-corrected chi connectivity index (χ1v) is 11.4. The first-order chi connectivity index (χ1) is 14.4. The van der Waals surface area contributed by atoms with Gasteiger partial charge in [0.15, 0.2) is 17.3 Å². The summed E-state index contributed by atoms with van der Waals surface area (Å²) in [6.07, 6.45) is 8.39. The van der Waals surface area contributed by atoms with Gasteiger partial charge in [-0.05, 0) is 55.4 Å². The maximum absolute atomic E-state index is 6.36. The molecule has 6 rings (SSSR count). The van der Waals surface area contributed by atoms with Crippen LogP contribution in [0.25, 0.3) is 11.5 Å². The third kappa shape index (κ3) is 3.34. The van der Waals surface area contributed by atoms with Crippen molar-refractivity contribution < 1.29 is 0 Å². The number of rotatable bonds is 3. The lowest BCUT2D eigenvalue weighted by Crippen LogP contribution is -2.22. The van der Waals surface area contributed by atoms with E-state index in [9.17, 15) is 0 Å². The van der Waals surface area contributed by atoms with E-state index in [0.29, 0.717) is 46.0 Å². The van der Waals surface area contributed by atoms with Crippen molar-refractivity contribution in [1.82, 2.24) is 24.5 Å². The zero-order valence-corrected chi connectivity index (χ0v) is 18.7. The van der Waals surface area contributed by atoms with Gasteiger partial charge in [0, 0.05) is 17.7 Å². The fraction of sp³-hybridized carbons (Fsp3) is 0.545. The molecule has 0 saturated heterocycles. The van der Waals surface area contributed by atoms with Crippen LogP contribution in [0.5, 0.6) is 0 Å². The van der Waals surface area contributed by atoms with Gasteiger partial charge in [-0.25, -0.2) is 19.9 Å². The van der Waals surface area contributed by atoms with Crippen molar-refractivity contribution in [1.29, 1.82) is 0 Å². The first-order valence-electron chi connectivity index (χ1n) is 10.7. The van der Waals surface area contributed by atoms with Crippen molar-refractivity contribution in [2.75, 3.05) is 5.73 Å². The van der Waals surface area contributed by atoms with Gasteiger partial charge in [0.2, 0.25) is 0 Å². The van der Waals surface area contributed by atoms with E-state index in [1.807, 2.05) is 4.57 Å². The molecule has 2 N–H and O–H groups in total. The molecule has 5 atom stereocenters. The fourth-order valence-electron chi connectivity index (χ4n) is 5.72. The summed E-state index contributed by atoms with van der Waals surface area (Å²) in [5, 5.41) is 0.943. The third-order valence-corrected chi connectivity index (χ3v) is 7.94. The molecular weight excluding hydrogens is 419 g/mol. The average Bonchev–Trinajstić information content (AvgIpc) is 3.03. The Morgan fingerprint density at radius 3 is 2.60 bits per heavy atom. The Bertz CT molecular complexity index is 1030. The maximum atomic E-state index is 6.36. The molecule has 0 radical (unpaired) electrons. The van der Waals surface area contributed by atoms with Gasteiger partial charge >= 0.3 is 0 Å². The van der Waals surface area contributed by atoms with Crippen LogP contribution in [-0.2, 0) is 6.54 Å². The Kier molecular flexibility index (Phi) is 5.10. The number of nitrogens with two attached hydrogens (primary N) is 1. The standard InChI is InChI=1S/C22H26Cl2N6/c1-11-7-14-4-3-13(11)8-12(2)17(14)21-28-18-20(25)27-10-30(22(18)29-21)9-15-16(23)5-6-26-19(15)24/h5-6,10-14,17H,3-4,7-9,25H2,1-2H3. The number of imidazole rings is 1. The number of fused-ring (bicyclic) bond motifs is 5. The Morgan fingerprint density at radius 2 is 1.83 bits per heavy atom. The van der Waals surface area contributed by atoms with Gasteiger partial charge in [-0.3, -0.25) is 0 Å². The Balaban J connectivity index is 1.56. The molecular formula is C22H26Cl2N6. The molecule has 3 fully saturated rings. The highest BCUT2D eigenvalue weighted by atomic mass is 35.5. The molecule has 2 bridgehead atoms. The van der Waals surface area contributed by atoms with Crippen molar-refractivity contribution >= 4 is 29.0 Å². The van der Waals surface area contributed by atoms with E-state index in [-0.39, 0.29) is 0 Å². The molecule has 5 aliphatic rings. The summed E-state index contributed by atoms with van der Waals surface area (Å²) in [7, 11) is 0. The van der Waals surface area contributed by atoms with Crippen LogP contribution in [0.15, 0.2) is 18.6 Å². The van der Waals surface area contributed by atoms with Gasteiger partial charge in [-0.15, -0.1) is 0 Å². The summed E-state index contributed by atoms with van der Waals surface area (Å²) in [5.41, 5.74) is 7.58. The molecule has 0 aromatic carbocycles. The SMILES string of the molecule is CC1CC2CCC1CC(C)C2c1nc2c(N)ncn(Cc3c(Cl)ccnc3Cl)c-2n1. The maximum Gasteiger partial charge on any atom is 0.166 e. The summed E-state index contributed by atoms with van der Waals surface area (Å²) in [6.45, 7) is 5.18. The van der Waals surface area contributed by atoms with Crippen LogP contribution >= 0.6 is 23.2 Å². The minimum absolute atomic E-state index is 0.366. The number of hydrogen-bond acceptors (Lipinski definition) is 5. The normalized spacial score (nSPS) is 28.7. The number of pyridine rings is 1.